The summed E-state index contributed by atoms with van der Waals surface area (Å²) < 4.78 is 5.93. The number of hydrogen-bond acceptors (Lipinski definition) is 2. The Bertz CT molecular complexity index is 490. The first-order valence-corrected chi connectivity index (χ1v) is 6.72. The topological polar surface area (TPSA) is 35.2 Å². The Labute approximate surface area is 115 Å². The fraction of sp³-hybridized carbons (Fsp3) is 0.294. The van der Waals surface area contributed by atoms with E-state index in [0.29, 0.717) is 12.5 Å². The van der Waals surface area contributed by atoms with E-state index < -0.39 is 0 Å². The van der Waals surface area contributed by atoms with Crippen LogP contribution in [-0.2, 0) is 0 Å². The molecular weight excluding hydrogens is 234 g/mol. The van der Waals surface area contributed by atoms with Crippen LogP contribution in [-0.4, -0.2) is 6.54 Å². The maximum absolute atomic E-state index is 5.93. The molecule has 0 aromatic heterocycles. The minimum Gasteiger partial charge on any atom is -0.484 e. The standard InChI is InChI=1S/C17H21NO/c1-13(2)14-8-10-15(11-9-14)17(12-18)19-16-6-4-3-5-7-16/h3-11,13,17H,12,18H2,1-2H3. The van der Waals surface area contributed by atoms with Crippen molar-refractivity contribution in [2.24, 2.45) is 5.73 Å². The lowest BCUT2D eigenvalue weighted by Crippen LogP contribution is -2.18. The maximum atomic E-state index is 5.93. The zero-order chi connectivity index (χ0) is 13.7. The van der Waals surface area contributed by atoms with Crippen LogP contribution in [0.15, 0.2) is 54.6 Å². The fourth-order valence-corrected chi connectivity index (χ4v) is 2.01. The molecule has 0 fully saturated rings. The molecule has 1 unspecified atom stereocenters. The van der Waals surface area contributed by atoms with Crippen LogP contribution in [0.3, 0.4) is 0 Å². The Morgan fingerprint density at radius 2 is 1.47 bits per heavy atom. The van der Waals surface area contributed by atoms with Crippen LogP contribution < -0.4 is 10.5 Å². The molecule has 0 aliphatic rings. The Morgan fingerprint density at radius 3 is 2.00 bits per heavy atom. The second kappa shape index (κ2) is 6.39. The van der Waals surface area contributed by atoms with Gasteiger partial charge in [-0.2, -0.15) is 0 Å². The summed E-state index contributed by atoms with van der Waals surface area (Å²) in [5.74, 6) is 1.39. The van der Waals surface area contributed by atoms with Gasteiger partial charge in [-0.1, -0.05) is 56.3 Å². The smallest absolute Gasteiger partial charge is 0.136 e. The summed E-state index contributed by atoms with van der Waals surface area (Å²) in [6, 6.07) is 18.3. The zero-order valence-electron chi connectivity index (χ0n) is 11.5. The zero-order valence-corrected chi connectivity index (χ0v) is 11.5. The Morgan fingerprint density at radius 1 is 0.895 bits per heavy atom. The molecule has 2 rings (SSSR count). The molecule has 2 N–H and O–H groups in total. The Balaban J connectivity index is 2.13. The molecule has 19 heavy (non-hydrogen) atoms. The summed E-state index contributed by atoms with van der Waals surface area (Å²) in [7, 11) is 0. The van der Waals surface area contributed by atoms with Crippen molar-refractivity contribution in [1.82, 2.24) is 0 Å². The number of rotatable bonds is 5. The molecular formula is C17H21NO. The minimum absolute atomic E-state index is 0.0939. The van der Waals surface area contributed by atoms with Crippen LogP contribution in [0.25, 0.3) is 0 Å². The SMILES string of the molecule is CC(C)c1ccc(C(CN)Oc2ccccc2)cc1. The third-order valence-corrected chi connectivity index (χ3v) is 3.21. The first-order chi connectivity index (χ1) is 9.20. The van der Waals surface area contributed by atoms with E-state index in [9.17, 15) is 0 Å². The van der Waals surface area contributed by atoms with Crippen LogP contribution in [0.1, 0.15) is 37.0 Å². The van der Waals surface area contributed by atoms with Gasteiger partial charge in [0.25, 0.3) is 0 Å². The van der Waals surface area contributed by atoms with E-state index in [0.717, 1.165) is 11.3 Å². The summed E-state index contributed by atoms with van der Waals surface area (Å²) in [6.45, 7) is 4.85. The van der Waals surface area contributed by atoms with Crippen molar-refractivity contribution in [1.29, 1.82) is 0 Å². The molecule has 2 aromatic carbocycles. The van der Waals surface area contributed by atoms with Crippen molar-refractivity contribution in [2.45, 2.75) is 25.9 Å². The van der Waals surface area contributed by atoms with Crippen molar-refractivity contribution >= 4 is 0 Å². The van der Waals surface area contributed by atoms with Crippen molar-refractivity contribution in [3.8, 4) is 5.75 Å². The lowest BCUT2D eigenvalue weighted by molar-refractivity contribution is 0.214. The average molecular weight is 255 g/mol. The van der Waals surface area contributed by atoms with E-state index >= 15 is 0 Å². The van der Waals surface area contributed by atoms with E-state index in [4.69, 9.17) is 10.5 Å². The molecule has 0 saturated heterocycles. The van der Waals surface area contributed by atoms with Gasteiger partial charge in [-0.05, 0) is 29.2 Å². The molecule has 0 bridgehead atoms. The monoisotopic (exact) mass is 255 g/mol. The van der Waals surface area contributed by atoms with Gasteiger partial charge in [0.15, 0.2) is 0 Å². The van der Waals surface area contributed by atoms with Crippen molar-refractivity contribution in [3.63, 3.8) is 0 Å². The third-order valence-electron chi connectivity index (χ3n) is 3.21. The van der Waals surface area contributed by atoms with E-state index in [-0.39, 0.29) is 6.10 Å². The van der Waals surface area contributed by atoms with E-state index in [1.165, 1.54) is 5.56 Å². The number of benzene rings is 2. The van der Waals surface area contributed by atoms with E-state index in [2.05, 4.69) is 38.1 Å². The quantitative estimate of drug-likeness (QED) is 0.879. The van der Waals surface area contributed by atoms with Crippen LogP contribution in [0.4, 0.5) is 0 Å². The van der Waals surface area contributed by atoms with E-state index in [1.807, 2.05) is 30.3 Å². The van der Waals surface area contributed by atoms with Gasteiger partial charge in [0.1, 0.15) is 11.9 Å². The summed E-state index contributed by atoms with van der Waals surface area (Å²) in [5, 5.41) is 0. The Kier molecular flexibility index (Phi) is 4.58. The highest BCUT2D eigenvalue weighted by atomic mass is 16.5. The highest BCUT2D eigenvalue weighted by Gasteiger charge is 2.11. The van der Waals surface area contributed by atoms with Crippen molar-refractivity contribution in [3.05, 3.63) is 65.7 Å². The highest BCUT2D eigenvalue weighted by molar-refractivity contribution is 5.28. The normalized spacial score (nSPS) is 12.4. The molecule has 0 aliphatic heterocycles. The minimum atomic E-state index is -0.0939. The fourth-order valence-electron chi connectivity index (χ4n) is 2.01. The summed E-state index contributed by atoms with van der Waals surface area (Å²) in [5.41, 5.74) is 8.28. The second-order valence-corrected chi connectivity index (χ2v) is 4.98. The summed E-state index contributed by atoms with van der Waals surface area (Å²) in [4.78, 5) is 0. The molecule has 0 aliphatic carbocycles. The Hall–Kier alpha value is -1.80. The molecule has 2 aromatic rings. The maximum Gasteiger partial charge on any atom is 0.136 e. The van der Waals surface area contributed by atoms with Crippen molar-refractivity contribution < 1.29 is 4.74 Å². The first kappa shape index (κ1) is 13.6. The van der Waals surface area contributed by atoms with Gasteiger partial charge in [0.2, 0.25) is 0 Å². The molecule has 0 spiro atoms. The molecule has 0 saturated carbocycles. The van der Waals surface area contributed by atoms with E-state index in [1.54, 1.807) is 0 Å². The van der Waals surface area contributed by atoms with Crippen LogP contribution in [0, 0.1) is 0 Å². The van der Waals surface area contributed by atoms with Crippen LogP contribution >= 0.6 is 0 Å². The van der Waals surface area contributed by atoms with Crippen molar-refractivity contribution in [2.75, 3.05) is 6.54 Å². The average Bonchev–Trinajstić information content (AvgIpc) is 2.46. The molecule has 2 nitrogen and oxygen atoms in total. The molecule has 0 radical (unpaired) electrons. The molecule has 1 atom stereocenters. The van der Waals surface area contributed by atoms with Gasteiger partial charge in [0, 0.05) is 6.54 Å². The summed E-state index contributed by atoms with van der Waals surface area (Å²) >= 11 is 0. The molecule has 2 heteroatoms. The summed E-state index contributed by atoms with van der Waals surface area (Å²) in [6.07, 6.45) is -0.0939. The number of ether oxygens (including phenoxy) is 1. The third kappa shape index (κ3) is 3.58. The number of hydrogen-bond donors (Lipinski definition) is 1. The predicted molar refractivity (Wildman–Crippen MR) is 79.4 cm³/mol. The van der Waals surface area contributed by atoms with Gasteiger partial charge in [-0.3, -0.25) is 0 Å². The molecule has 0 heterocycles. The van der Waals surface area contributed by atoms with Gasteiger partial charge in [-0.15, -0.1) is 0 Å². The van der Waals surface area contributed by atoms with Gasteiger partial charge in [0.05, 0.1) is 0 Å². The molecule has 100 valence electrons. The molecule has 0 amide bonds. The van der Waals surface area contributed by atoms with Gasteiger partial charge >= 0.3 is 0 Å². The largest absolute Gasteiger partial charge is 0.484 e. The lowest BCUT2D eigenvalue weighted by Gasteiger charge is -2.18. The first-order valence-electron chi connectivity index (χ1n) is 6.72. The predicted octanol–water partition coefficient (Wildman–Crippen LogP) is 3.89. The second-order valence-electron chi connectivity index (χ2n) is 4.98. The number of para-hydroxylation sites is 1. The van der Waals surface area contributed by atoms with Crippen LogP contribution in [0.5, 0.6) is 5.75 Å². The highest BCUT2D eigenvalue weighted by Crippen LogP contribution is 2.23. The number of nitrogens with two attached hydrogens (primary N) is 1. The lowest BCUT2D eigenvalue weighted by atomic mass is 10.00. The van der Waals surface area contributed by atoms with Crippen LogP contribution in [0.2, 0.25) is 0 Å². The van der Waals surface area contributed by atoms with Gasteiger partial charge < -0.3 is 10.5 Å². The van der Waals surface area contributed by atoms with Gasteiger partial charge in [-0.25, -0.2) is 0 Å².